The lowest BCUT2D eigenvalue weighted by molar-refractivity contribution is -0.212. The Morgan fingerprint density at radius 1 is 1.19 bits per heavy atom. The maximum atomic E-state index is 13.3. The lowest BCUT2D eigenvalue weighted by atomic mass is 10.1. The Bertz CT molecular complexity index is 943. The molecule has 0 bridgehead atoms. The van der Waals surface area contributed by atoms with Crippen molar-refractivity contribution < 1.29 is 17.9 Å². The predicted octanol–water partition coefficient (Wildman–Crippen LogP) is 3.34. The standard InChI is InChI=1S/C20H24N2O4S/c1-14(2)25-20-12-13-22(27(23,24)16-10-8-15(3)9-11-16)19(20)21-17-6-4-5-7-18(17)26-20/h4-11,14,19,21H,12-13H2,1-3H3/t19-,20+/m0/s1. The highest BCUT2D eigenvalue weighted by Crippen LogP contribution is 2.45. The van der Waals surface area contributed by atoms with Crippen LogP contribution in [-0.4, -0.2) is 37.3 Å². The summed E-state index contributed by atoms with van der Waals surface area (Å²) in [4.78, 5) is 0.272. The van der Waals surface area contributed by atoms with Crippen molar-refractivity contribution in [2.45, 2.75) is 50.1 Å². The van der Waals surface area contributed by atoms with Crippen LogP contribution in [0.2, 0.25) is 0 Å². The maximum Gasteiger partial charge on any atom is 0.247 e. The smallest absolute Gasteiger partial charge is 0.247 e. The zero-order chi connectivity index (χ0) is 19.2. The van der Waals surface area contributed by atoms with Gasteiger partial charge in [-0.15, -0.1) is 0 Å². The van der Waals surface area contributed by atoms with Crippen LogP contribution in [0.3, 0.4) is 0 Å². The molecule has 2 aliphatic rings. The lowest BCUT2D eigenvalue weighted by Crippen LogP contribution is -2.59. The zero-order valence-electron chi connectivity index (χ0n) is 15.7. The molecule has 1 saturated heterocycles. The van der Waals surface area contributed by atoms with E-state index in [2.05, 4.69) is 5.32 Å². The molecule has 1 fully saturated rings. The first-order chi connectivity index (χ1) is 12.8. The van der Waals surface area contributed by atoms with E-state index in [1.807, 2.05) is 45.0 Å². The number of para-hydroxylation sites is 2. The number of hydrogen-bond donors (Lipinski definition) is 1. The minimum atomic E-state index is -3.69. The first-order valence-electron chi connectivity index (χ1n) is 9.13. The number of sulfonamides is 1. The van der Waals surface area contributed by atoms with Crippen molar-refractivity contribution in [3.8, 4) is 5.75 Å². The van der Waals surface area contributed by atoms with E-state index in [0.29, 0.717) is 18.7 Å². The molecule has 0 aromatic heterocycles. The van der Waals surface area contributed by atoms with Crippen LogP contribution in [0.25, 0.3) is 0 Å². The predicted molar refractivity (Wildman–Crippen MR) is 103 cm³/mol. The number of benzene rings is 2. The van der Waals surface area contributed by atoms with Gasteiger partial charge in [0, 0.05) is 13.0 Å². The fourth-order valence-electron chi connectivity index (χ4n) is 3.70. The third kappa shape index (κ3) is 3.09. The second kappa shape index (κ2) is 6.51. The zero-order valence-corrected chi connectivity index (χ0v) is 16.5. The summed E-state index contributed by atoms with van der Waals surface area (Å²) in [6.07, 6.45) is -0.301. The molecule has 0 aliphatic carbocycles. The highest BCUT2D eigenvalue weighted by molar-refractivity contribution is 7.89. The quantitative estimate of drug-likeness (QED) is 0.870. The van der Waals surface area contributed by atoms with Gasteiger partial charge in [0.2, 0.25) is 15.8 Å². The third-order valence-corrected chi connectivity index (χ3v) is 6.79. The lowest BCUT2D eigenvalue weighted by Gasteiger charge is -2.43. The van der Waals surface area contributed by atoms with E-state index in [-0.39, 0.29) is 11.0 Å². The average Bonchev–Trinajstić information content (AvgIpc) is 2.97. The minimum Gasteiger partial charge on any atom is -0.456 e. The van der Waals surface area contributed by atoms with E-state index in [1.165, 1.54) is 4.31 Å². The Morgan fingerprint density at radius 2 is 1.89 bits per heavy atom. The highest BCUT2D eigenvalue weighted by atomic mass is 32.2. The molecule has 2 aromatic rings. The van der Waals surface area contributed by atoms with Crippen LogP contribution in [0.4, 0.5) is 5.69 Å². The van der Waals surface area contributed by atoms with Crippen molar-refractivity contribution in [3.05, 3.63) is 54.1 Å². The van der Waals surface area contributed by atoms with Crippen molar-refractivity contribution in [2.24, 2.45) is 0 Å². The van der Waals surface area contributed by atoms with Crippen LogP contribution in [0.15, 0.2) is 53.4 Å². The molecule has 2 heterocycles. The van der Waals surface area contributed by atoms with Crippen molar-refractivity contribution >= 4 is 15.7 Å². The van der Waals surface area contributed by atoms with E-state index in [4.69, 9.17) is 9.47 Å². The minimum absolute atomic E-state index is 0.110. The number of hydrogen-bond acceptors (Lipinski definition) is 5. The molecule has 0 amide bonds. The van der Waals surface area contributed by atoms with Crippen LogP contribution in [0.5, 0.6) is 5.75 Å². The van der Waals surface area contributed by atoms with Crippen LogP contribution >= 0.6 is 0 Å². The summed E-state index contributed by atoms with van der Waals surface area (Å²) in [5.74, 6) is -0.385. The first kappa shape index (κ1) is 18.3. The number of ether oxygens (including phenoxy) is 2. The fraction of sp³-hybridized carbons (Fsp3) is 0.400. The topological polar surface area (TPSA) is 67.9 Å². The Labute approximate surface area is 160 Å². The van der Waals surface area contributed by atoms with E-state index in [1.54, 1.807) is 24.3 Å². The van der Waals surface area contributed by atoms with Gasteiger partial charge in [0.1, 0.15) is 5.75 Å². The SMILES string of the molecule is Cc1ccc(S(=O)(=O)N2CC[C@@]3(OC(C)C)Oc4ccccc4N[C@@H]23)cc1. The van der Waals surface area contributed by atoms with Gasteiger partial charge in [0.05, 0.1) is 16.7 Å². The van der Waals surface area contributed by atoms with Crippen molar-refractivity contribution in [3.63, 3.8) is 0 Å². The molecule has 1 N–H and O–H groups in total. The molecule has 6 nitrogen and oxygen atoms in total. The van der Waals surface area contributed by atoms with E-state index >= 15 is 0 Å². The summed E-state index contributed by atoms with van der Waals surface area (Å²) in [5, 5.41) is 3.34. The van der Waals surface area contributed by atoms with E-state index in [9.17, 15) is 8.42 Å². The average molecular weight is 388 g/mol. The van der Waals surface area contributed by atoms with Gasteiger partial charge in [-0.05, 0) is 45.0 Å². The summed E-state index contributed by atoms with van der Waals surface area (Å²) >= 11 is 0. The van der Waals surface area contributed by atoms with Crippen LogP contribution < -0.4 is 10.1 Å². The molecule has 144 valence electrons. The van der Waals surface area contributed by atoms with E-state index in [0.717, 1.165) is 11.3 Å². The maximum absolute atomic E-state index is 13.3. The number of nitrogens with one attached hydrogen (secondary N) is 1. The normalized spacial score (nSPS) is 24.8. The molecule has 27 heavy (non-hydrogen) atoms. The molecule has 0 unspecified atom stereocenters. The van der Waals surface area contributed by atoms with Crippen molar-refractivity contribution in [2.75, 3.05) is 11.9 Å². The van der Waals surface area contributed by atoms with Gasteiger partial charge >= 0.3 is 0 Å². The number of nitrogens with zero attached hydrogens (tertiary/aromatic N) is 1. The molecule has 0 spiro atoms. The molecule has 0 saturated carbocycles. The summed E-state index contributed by atoms with van der Waals surface area (Å²) in [6.45, 7) is 6.09. The largest absolute Gasteiger partial charge is 0.456 e. The fourth-order valence-corrected chi connectivity index (χ4v) is 5.27. The van der Waals surface area contributed by atoms with Crippen LogP contribution in [-0.2, 0) is 14.8 Å². The molecule has 4 rings (SSSR count). The van der Waals surface area contributed by atoms with Gasteiger partial charge in [-0.1, -0.05) is 29.8 Å². The van der Waals surface area contributed by atoms with Gasteiger partial charge in [-0.3, -0.25) is 0 Å². The molecule has 2 aromatic carbocycles. The summed E-state index contributed by atoms with van der Waals surface area (Å²) in [6, 6.07) is 14.4. The molecule has 2 aliphatic heterocycles. The summed E-state index contributed by atoms with van der Waals surface area (Å²) < 4.78 is 40.5. The van der Waals surface area contributed by atoms with Crippen molar-refractivity contribution in [1.82, 2.24) is 4.31 Å². The van der Waals surface area contributed by atoms with Crippen molar-refractivity contribution in [1.29, 1.82) is 0 Å². The highest BCUT2D eigenvalue weighted by Gasteiger charge is 2.57. The Morgan fingerprint density at radius 3 is 2.59 bits per heavy atom. The number of anilines is 1. The second-order valence-electron chi connectivity index (χ2n) is 7.30. The Hall–Kier alpha value is -2.09. The van der Waals surface area contributed by atoms with E-state index < -0.39 is 22.0 Å². The summed E-state index contributed by atoms with van der Waals surface area (Å²) in [7, 11) is -3.69. The summed E-state index contributed by atoms with van der Waals surface area (Å²) in [5.41, 5.74) is 1.78. The molecular weight excluding hydrogens is 364 g/mol. The second-order valence-corrected chi connectivity index (χ2v) is 9.19. The van der Waals surface area contributed by atoms with Gasteiger partial charge in [0.15, 0.2) is 6.17 Å². The molecular formula is C20H24N2O4S. The Kier molecular flexibility index (Phi) is 4.41. The first-order valence-corrected chi connectivity index (χ1v) is 10.6. The third-order valence-electron chi connectivity index (χ3n) is 4.91. The van der Waals surface area contributed by atoms with Gasteiger partial charge in [-0.2, -0.15) is 4.31 Å². The van der Waals surface area contributed by atoms with Crippen LogP contribution in [0, 0.1) is 6.92 Å². The molecule has 7 heteroatoms. The number of rotatable bonds is 4. The van der Waals surface area contributed by atoms with Gasteiger partial charge in [-0.25, -0.2) is 8.42 Å². The molecule has 0 radical (unpaired) electrons. The number of fused-ring (bicyclic) bond motifs is 2. The molecule has 2 atom stereocenters. The monoisotopic (exact) mass is 388 g/mol. The van der Waals surface area contributed by atoms with Gasteiger partial charge < -0.3 is 14.8 Å². The van der Waals surface area contributed by atoms with Gasteiger partial charge in [0.25, 0.3) is 0 Å². The Balaban J connectivity index is 1.75. The van der Waals surface area contributed by atoms with Crippen LogP contribution in [0.1, 0.15) is 25.8 Å². The number of aryl methyl sites for hydroxylation is 1.